The van der Waals surface area contributed by atoms with Crippen LogP contribution < -0.4 is 15.3 Å². The maximum atomic E-state index is 8.93. The van der Waals surface area contributed by atoms with Gasteiger partial charge in [-0.2, -0.15) is 0 Å². The number of rotatable bonds is 3. The van der Waals surface area contributed by atoms with Gasteiger partial charge in [0.1, 0.15) is 0 Å². The molecule has 4 aliphatic carbocycles. The van der Waals surface area contributed by atoms with E-state index in [0.717, 1.165) is 0 Å². The maximum absolute atomic E-state index is 8.93. The van der Waals surface area contributed by atoms with Crippen LogP contribution in [0.2, 0.25) is 13.1 Å². The summed E-state index contributed by atoms with van der Waals surface area (Å²) in [5.41, 5.74) is 9.57. The fourth-order valence-corrected chi connectivity index (χ4v) is 6.01. The molecule has 0 bridgehead atoms. The van der Waals surface area contributed by atoms with Crippen LogP contribution in [-0.2, 0) is 26.2 Å². The topological polar surface area (TPSA) is 69.2 Å². The van der Waals surface area contributed by atoms with Crippen molar-refractivity contribution in [3.05, 3.63) is 52.5 Å². The van der Waals surface area contributed by atoms with Crippen LogP contribution in [0.3, 0.4) is 0 Å². The van der Waals surface area contributed by atoms with Gasteiger partial charge in [0, 0.05) is 0 Å². The Morgan fingerprint density at radius 2 is 1.09 bits per heavy atom. The van der Waals surface area contributed by atoms with Crippen LogP contribution in [0, 0.1) is 17.8 Å². The summed E-state index contributed by atoms with van der Waals surface area (Å²) >= 11 is 0. The summed E-state index contributed by atoms with van der Waals surface area (Å²) in [6.07, 6.45) is 20.9. The van der Waals surface area contributed by atoms with Crippen LogP contribution in [0.1, 0.15) is 72.1 Å². The molecule has 0 aliphatic heterocycles. The normalized spacial score (nSPS) is 21.8. The summed E-state index contributed by atoms with van der Waals surface area (Å²) < 4.78 is 0. The Hall–Kier alpha value is -0.320. The third-order valence-electron chi connectivity index (χ3n) is 6.01. The SMILES string of the molecule is CC[O-].CC[O-].CC[O-].C[Si](C)=C[C-](C1C=CC2=C1CCCC2)C1C=CC2=C1CCCC2.[Zr+4]. The number of hydrogen-bond donors (Lipinski definition) is 0. The summed E-state index contributed by atoms with van der Waals surface area (Å²) in [4.78, 5) is 0. The van der Waals surface area contributed by atoms with Gasteiger partial charge >= 0.3 is 26.2 Å². The van der Waals surface area contributed by atoms with Gasteiger partial charge in [-0.15, -0.1) is 43.8 Å². The minimum atomic E-state index is -0.356. The van der Waals surface area contributed by atoms with E-state index in [1.807, 2.05) is 0 Å². The second-order valence-corrected chi connectivity index (χ2v) is 11.2. The van der Waals surface area contributed by atoms with E-state index in [1.165, 1.54) is 51.4 Å². The van der Waals surface area contributed by atoms with E-state index in [2.05, 4.69) is 43.1 Å². The Balaban J connectivity index is 0.000000896. The molecular weight excluding hydrogens is 504 g/mol. The second kappa shape index (κ2) is 18.9. The van der Waals surface area contributed by atoms with Gasteiger partial charge < -0.3 is 21.2 Å². The van der Waals surface area contributed by atoms with Crippen molar-refractivity contribution in [1.82, 2.24) is 0 Å². The van der Waals surface area contributed by atoms with Crippen LogP contribution in [0.15, 0.2) is 46.6 Å². The van der Waals surface area contributed by atoms with Gasteiger partial charge in [0.25, 0.3) is 0 Å². The third kappa shape index (κ3) is 10.4. The van der Waals surface area contributed by atoms with Crippen LogP contribution >= 0.6 is 0 Å². The Kier molecular flexibility index (Phi) is 18.8. The second-order valence-electron chi connectivity index (χ2n) is 8.78. The third-order valence-corrected chi connectivity index (χ3v) is 6.92. The summed E-state index contributed by atoms with van der Waals surface area (Å²) in [6.45, 7) is 9.59. The first-order valence-corrected chi connectivity index (χ1v) is 15.1. The zero-order chi connectivity index (χ0) is 23.9. The van der Waals surface area contributed by atoms with E-state index in [-0.39, 0.29) is 54.4 Å². The maximum Gasteiger partial charge on any atom is 4.00 e. The van der Waals surface area contributed by atoms with Gasteiger partial charge in [0.15, 0.2) is 0 Å². The standard InChI is InChI=1S/C22H29Si.3C2H5O.Zr/c1-23(2)15-22(20-13-11-16-7-3-5-9-18(16)20)21-14-12-17-8-4-6-10-19(17)21;3*1-2-3;/h11-15,20-21H,3-10H2,1-2H3;3*2H2,1H3;/q4*-1;+4. The van der Waals surface area contributed by atoms with Crippen LogP contribution in [-0.4, -0.2) is 33.9 Å². The molecule has 5 heteroatoms. The molecule has 2 unspecified atom stereocenters. The smallest absolute Gasteiger partial charge is 0.855 e. The van der Waals surface area contributed by atoms with Crippen LogP contribution in [0.4, 0.5) is 0 Å². The van der Waals surface area contributed by atoms with E-state index in [4.69, 9.17) is 15.3 Å². The molecule has 4 aliphatic rings. The monoisotopic (exact) mass is 546 g/mol. The largest absolute Gasteiger partial charge is 4.00 e. The molecule has 0 radical (unpaired) electrons. The van der Waals surface area contributed by atoms with Gasteiger partial charge in [0.05, 0.1) is 0 Å². The molecule has 0 N–H and O–H groups in total. The van der Waals surface area contributed by atoms with Gasteiger partial charge in [0.2, 0.25) is 0 Å². The molecule has 0 aromatic heterocycles. The summed E-state index contributed by atoms with van der Waals surface area (Å²) in [5, 5.41) is 26.8. The molecule has 0 amide bonds. The molecule has 0 fully saturated rings. The quantitative estimate of drug-likeness (QED) is 0.397. The average Bonchev–Trinajstić information content (AvgIpc) is 3.38. The molecule has 4 rings (SSSR count). The van der Waals surface area contributed by atoms with E-state index < -0.39 is 0 Å². The fourth-order valence-electron chi connectivity index (χ4n) is 4.98. The minimum absolute atomic E-state index is 0. The van der Waals surface area contributed by atoms with Crippen LogP contribution in [0.25, 0.3) is 0 Å². The van der Waals surface area contributed by atoms with Crippen molar-refractivity contribution in [3.63, 3.8) is 0 Å². The molecule has 0 spiro atoms. The molecule has 3 nitrogen and oxygen atoms in total. The van der Waals surface area contributed by atoms with Gasteiger partial charge in [-0.25, -0.2) is 5.67 Å². The van der Waals surface area contributed by atoms with Gasteiger partial charge in [-0.1, -0.05) is 68.3 Å². The molecule has 0 heterocycles. The molecular formula is C28H44O3SiZr. The Labute approximate surface area is 224 Å². The fraction of sp³-hybridized carbons (Fsp3) is 0.643. The molecule has 2 atom stereocenters. The molecule has 0 saturated heterocycles. The molecule has 0 aromatic carbocycles. The Bertz CT molecular complexity index is 649. The van der Waals surface area contributed by atoms with Crippen LogP contribution in [0.5, 0.6) is 0 Å². The van der Waals surface area contributed by atoms with Crippen molar-refractivity contribution < 1.29 is 41.5 Å². The van der Waals surface area contributed by atoms with E-state index in [9.17, 15) is 0 Å². The van der Waals surface area contributed by atoms with E-state index >= 15 is 0 Å². The first-order chi connectivity index (χ1) is 15.5. The molecule has 33 heavy (non-hydrogen) atoms. The Morgan fingerprint density at radius 1 is 0.758 bits per heavy atom. The first kappa shape index (κ1) is 32.7. The zero-order valence-corrected chi connectivity index (χ0v) is 25.0. The summed E-state index contributed by atoms with van der Waals surface area (Å²) in [7, 11) is -0.356. The van der Waals surface area contributed by atoms with Crippen molar-refractivity contribution in [2.45, 2.75) is 85.2 Å². The van der Waals surface area contributed by atoms with E-state index in [0.29, 0.717) is 11.8 Å². The minimum Gasteiger partial charge on any atom is -0.855 e. The van der Waals surface area contributed by atoms with Crippen molar-refractivity contribution in [3.8, 4) is 0 Å². The van der Waals surface area contributed by atoms with E-state index in [1.54, 1.807) is 49.0 Å². The summed E-state index contributed by atoms with van der Waals surface area (Å²) in [6, 6.07) is 0. The zero-order valence-electron chi connectivity index (χ0n) is 21.5. The molecule has 0 aromatic rings. The predicted octanol–water partition coefficient (Wildman–Crippen LogP) is 3.91. The summed E-state index contributed by atoms with van der Waals surface area (Å²) in [5.74, 6) is 2.97. The van der Waals surface area contributed by atoms with Gasteiger partial charge in [-0.05, 0) is 59.8 Å². The van der Waals surface area contributed by atoms with Crippen molar-refractivity contribution >= 4 is 14.1 Å². The van der Waals surface area contributed by atoms with Crippen molar-refractivity contribution in [2.24, 2.45) is 11.8 Å². The van der Waals surface area contributed by atoms with Crippen molar-refractivity contribution in [1.29, 1.82) is 0 Å². The molecule has 0 saturated carbocycles. The number of hydrogen-bond acceptors (Lipinski definition) is 3. The Morgan fingerprint density at radius 3 is 1.42 bits per heavy atom. The predicted molar refractivity (Wildman–Crippen MR) is 135 cm³/mol. The first-order valence-electron chi connectivity index (χ1n) is 12.5. The molecule has 182 valence electrons. The average molecular weight is 548 g/mol. The van der Waals surface area contributed by atoms with Crippen molar-refractivity contribution in [2.75, 3.05) is 19.8 Å². The van der Waals surface area contributed by atoms with Gasteiger partial charge in [-0.3, -0.25) is 0 Å². The number of allylic oxidation sites excluding steroid dienone is 8.